The zero-order chi connectivity index (χ0) is 24.3. The van der Waals surface area contributed by atoms with Crippen LogP contribution in [0.4, 0.5) is 19.0 Å². The molecular formula is C23H26F3N5O3. The third-order valence-electron chi connectivity index (χ3n) is 6.22. The molecule has 34 heavy (non-hydrogen) atoms. The van der Waals surface area contributed by atoms with E-state index in [1.54, 1.807) is 7.11 Å². The number of aliphatic carboxylic acids is 1. The molecule has 3 aromatic rings. The SMILES string of the molecule is COc1cccc(-c2cnc3c(N4CCN(C5CCC5)CC4)nccn23)c1.O=C(O)C(F)(F)F. The molecule has 1 aromatic carbocycles. The average molecular weight is 477 g/mol. The molecule has 8 nitrogen and oxygen atoms in total. The topological polar surface area (TPSA) is 83.2 Å². The Hall–Kier alpha value is -3.34. The maximum atomic E-state index is 10.6. The number of carbonyl (C=O) groups is 1. The molecule has 11 heteroatoms. The van der Waals surface area contributed by atoms with E-state index in [0.29, 0.717) is 0 Å². The summed E-state index contributed by atoms with van der Waals surface area (Å²) in [5.41, 5.74) is 3.07. The third-order valence-corrected chi connectivity index (χ3v) is 6.22. The van der Waals surface area contributed by atoms with Crippen molar-refractivity contribution in [2.45, 2.75) is 31.5 Å². The van der Waals surface area contributed by atoms with Crippen molar-refractivity contribution in [2.24, 2.45) is 0 Å². The number of carboxylic acid groups (broad SMARTS) is 1. The zero-order valence-electron chi connectivity index (χ0n) is 18.7. The second-order valence-corrected chi connectivity index (χ2v) is 8.23. The Morgan fingerprint density at radius 2 is 1.85 bits per heavy atom. The molecule has 0 atom stereocenters. The summed E-state index contributed by atoms with van der Waals surface area (Å²) in [7, 11) is 1.69. The van der Waals surface area contributed by atoms with Crippen molar-refractivity contribution in [1.29, 1.82) is 0 Å². The van der Waals surface area contributed by atoms with E-state index in [0.717, 1.165) is 60.7 Å². The van der Waals surface area contributed by atoms with Crippen LogP contribution >= 0.6 is 0 Å². The summed E-state index contributed by atoms with van der Waals surface area (Å²) in [6, 6.07) is 8.92. The van der Waals surface area contributed by atoms with Crippen molar-refractivity contribution >= 4 is 17.4 Å². The molecule has 0 spiro atoms. The molecule has 2 fully saturated rings. The first kappa shape index (κ1) is 23.8. The highest BCUT2D eigenvalue weighted by atomic mass is 19.4. The van der Waals surface area contributed by atoms with E-state index >= 15 is 0 Å². The van der Waals surface area contributed by atoms with Crippen LogP contribution in [0.1, 0.15) is 19.3 Å². The number of nitrogens with zero attached hydrogens (tertiary/aromatic N) is 5. The van der Waals surface area contributed by atoms with Gasteiger partial charge in [-0.1, -0.05) is 18.6 Å². The summed E-state index contributed by atoms with van der Waals surface area (Å²) in [6.45, 7) is 4.28. The summed E-state index contributed by atoms with van der Waals surface area (Å²) in [6.07, 6.45) is 4.86. The summed E-state index contributed by atoms with van der Waals surface area (Å²) in [5, 5.41) is 7.12. The molecule has 2 aromatic heterocycles. The van der Waals surface area contributed by atoms with Crippen LogP contribution in [0.15, 0.2) is 42.9 Å². The van der Waals surface area contributed by atoms with Gasteiger partial charge >= 0.3 is 12.1 Å². The second kappa shape index (κ2) is 9.88. The van der Waals surface area contributed by atoms with Crippen molar-refractivity contribution in [3.05, 3.63) is 42.9 Å². The van der Waals surface area contributed by atoms with Crippen molar-refractivity contribution in [1.82, 2.24) is 19.3 Å². The number of rotatable bonds is 4. The number of aromatic nitrogens is 3. The predicted molar refractivity (Wildman–Crippen MR) is 120 cm³/mol. The van der Waals surface area contributed by atoms with Gasteiger partial charge in [0, 0.05) is 50.2 Å². The van der Waals surface area contributed by atoms with Gasteiger partial charge in [0.1, 0.15) is 5.75 Å². The van der Waals surface area contributed by atoms with Crippen LogP contribution in [0.25, 0.3) is 16.9 Å². The number of halogens is 3. The van der Waals surface area contributed by atoms with Gasteiger partial charge in [0.05, 0.1) is 19.0 Å². The summed E-state index contributed by atoms with van der Waals surface area (Å²) in [5.74, 6) is -0.920. The van der Waals surface area contributed by atoms with Gasteiger partial charge in [-0.05, 0) is 25.0 Å². The summed E-state index contributed by atoms with van der Waals surface area (Å²) >= 11 is 0. The van der Waals surface area contributed by atoms with Crippen molar-refractivity contribution in [3.63, 3.8) is 0 Å². The Kier molecular flexibility index (Phi) is 6.92. The van der Waals surface area contributed by atoms with Gasteiger partial charge in [0.2, 0.25) is 0 Å². The number of imidazole rings is 1. The van der Waals surface area contributed by atoms with Crippen LogP contribution in [-0.4, -0.2) is 75.9 Å². The number of benzene rings is 1. The standard InChI is InChI=1S/C21H25N5O.C2HF3O2/c1-27-18-7-2-4-16(14-18)19-15-23-21-20(22-8-9-26(19)21)25-12-10-24(11-13-25)17-5-3-6-17;3-2(4,5)1(6)7/h2,4,7-9,14-15,17H,3,5-6,10-13H2,1H3;(H,6,7). The van der Waals surface area contributed by atoms with E-state index < -0.39 is 12.1 Å². The molecule has 0 amide bonds. The van der Waals surface area contributed by atoms with Gasteiger partial charge in [0.25, 0.3) is 0 Å². The molecule has 0 bridgehead atoms. The highest BCUT2D eigenvalue weighted by Gasteiger charge is 2.38. The molecule has 1 saturated heterocycles. The lowest BCUT2D eigenvalue weighted by atomic mass is 9.91. The number of fused-ring (bicyclic) bond motifs is 1. The smallest absolute Gasteiger partial charge is 0.490 e. The fourth-order valence-electron chi connectivity index (χ4n) is 4.18. The molecule has 1 aliphatic heterocycles. The minimum Gasteiger partial charge on any atom is -0.497 e. The first-order valence-electron chi connectivity index (χ1n) is 11.0. The maximum Gasteiger partial charge on any atom is 0.490 e. The van der Waals surface area contributed by atoms with E-state index in [1.807, 2.05) is 36.8 Å². The van der Waals surface area contributed by atoms with E-state index in [9.17, 15) is 13.2 Å². The van der Waals surface area contributed by atoms with Gasteiger partial charge in [-0.25, -0.2) is 14.8 Å². The van der Waals surface area contributed by atoms with E-state index in [-0.39, 0.29) is 0 Å². The molecule has 2 aliphatic rings. The number of alkyl halides is 3. The van der Waals surface area contributed by atoms with Crippen LogP contribution in [0.3, 0.4) is 0 Å². The minimum atomic E-state index is -5.08. The Bertz CT molecular complexity index is 1140. The predicted octanol–water partition coefficient (Wildman–Crippen LogP) is 3.71. The Labute approximate surface area is 194 Å². The molecule has 0 radical (unpaired) electrons. The normalized spacial score (nSPS) is 17.1. The molecule has 182 valence electrons. The van der Waals surface area contributed by atoms with Crippen LogP contribution in [0, 0.1) is 0 Å². The number of anilines is 1. The fraction of sp³-hybridized carbons (Fsp3) is 0.435. The largest absolute Gasteiger partial charge is 0.497 e. The van der Waals surface area contributed by atoms with Crippen LogP contribution in [0.2, 0.25) is 0 Å². The lowest BCUT2D eigenvalue weighted by Crippen LogP contribution is -2.52. The Morgan fingerprint density at radius 1 is 1.15 bits per heavy atom. The van der Waals surface area contributed by atoms with Crippen LogP contribution in [-0.2, 0) is 4.79 Å². The minimum absolute atomic E-state index is 0.821. The maximum absolute atomic E-state index is 10.6. The van der Waals surface area contributed by atoms with Gasteiger partial charge in [0.15, 0.2) is 11.5 Å². The van der Waals surface area contributed by atoms with Crippen LogP contribution < -0.4 is 9.64 Å². The summed E-state index contributed by atoms with van der Waals surface area (Å²) in [4.78, 5) is 23.3. The number of piperazine rings is 1. The average Bonchev–Trinajstić information content (AvgIpc) is 3.23. The quantitative estimate of drug-likeness (QED) is 0.613. The van der Waals surface area contributed by atoms with Crippen molar-refractivity contribution in [3.8, 4) is 17.0 Å². The first-order valence-corrected chi connectivity index (χ1v) is 11.0. The van der Waals surface area contributed by atoms with E-state index in [2.05, 4.69) is 25.3 Å². The number of methoxy groups -OCH3 is 1. The zero-order valence-corrected chi connectivity index (χ0v) is 18.7. The number of ether oxygens (including phenoxy) is 1. The highest BCUT2D eigenvalue weighted by Crippen LogP contribution is 2.29. The molecule has 5 rings (SSSR count). The lowest BCUT2D eigenvalue weighted by Gasteiger charge is -2.43. The van der Waals surface area contributed by atoms with E-state index in [4.69, 9.17) is 19.6 Å². The number of carboxylic acids is 1. The molecular weight excluding hydrogens is 451 g/mol. The van der Waals surface area contributed by atoms with Gasteiger partial charge in [-0.2, -0.15) is 13.2 Å². The highest BCUT2D eigenvalue weighted by molar-refractivity contribution is 5.73. The van der Waals surface area contributed by atoms with Gasteiger partial charge in [-0.3, -0.25) is 9.30 Å². The Balaban J connectivity index is 0.000000344. The summed E-state index contributed by atoms with van der Waals surface area (Å²) < 4.78 is 39.2. The Morgan fingerprint density at radius 3 is 2.44 bits per heavy atom. The second-order valence-electron chi connectivity index (χ2n) is 8.23. The van der Waals surface area contributed by atoms with Crippen LogP contribution in [0.5, 0.6) is 5.75 Å². The van der Waals surface area contributed by atoms with Crippen molar-refractivity contribution < 1.29 is 27.8 Å². The third kappa shape index (κ3) is 5.09. The monoisotopic (exact) mass is 477 g/mol. The molecule has 1 N–H and O–H groups in total. The molecule has 1 aliphatic carbocycles. The number of hydrogen-bond acceptors (Lipinski definition) is 6. The lowest BCUT2D eigenvalue weighted by molar-refractivity contribution is -0.192. The van der Waals surface area contributed by atoms with Crippen molar-refractivity contribution in [2.75, 3.05) is 38.2 Å². The fourth-order valence-corrected chi connectivity index (χ4v) is 4.18. The van der Waals surface area contributed by atoms with Gasteiger partial charge in [-0.15, -0.1) is 0 Å². The number of hydrogen-bond donors (Lipinski definition) is 1. The molecule has 1 saturated carbocycles. The molecule has 0 unspecified atom stereocenters. The van der Waals surface area contributed by atoms with Gasteiger partial charge < -0.3 is 14.7 Å². The molecule has 3 heterocycles. The first-order chi connectivity index (χ1) is 16.3. The van der Waals surface area contributed by atoms with E-state index in [1.165, 1.54) is 19.3 Å².